The minimum atomic E-state index is -0.249. The molecule has 0 aliphatic carbocycles. The average molecular weight is 251 g/mol. The zero-order valence-electron chi connectivity index (χ0n) is 10.9. The number of piperidine rings is 1. The Morgan fingerprint density at radius 2 is 2.29 bits per heavy atom. The van der Waals surface area contributed by atoms with Gasteiger partial charge in [-0.25, -0.2) is 0 Å². The molecule has 1 fully saturated rings. The first-order valence-electron chi connectivity index (χ1n) is 6.32. The largest absolute Gasteiger partial charge is 0.316 e. The van der Waals surface area contributed by atoms with E-state index in [0.717, 1.165) is 25.1 Å². The molecule has 1 atom stereocenters. The van der Waals surface area contributed by atoms with Crippen molar-refractivity contribution < 1.29 is 4.79 Å². The van der Waals surface area contributed by atoms with Crippen LogP contribution in [0.1, 0.15) is 41.9 Å². The van der Waals surface area contributed by atoms with Gasteiger partial charge in [0.25, 0.3) is 0 Å². The highest BCUT2D eigenvalue weighted by molar-refractivity contribution is 7.10. The van der Waals surface area contributed by atoms with Gasteiger partial charge in [0.15, 0.2) is 5.78 Å². The lowest BCUT2D eigenvalue weighted by Gasteiger charge is -2.35. The SMILES string of the molecule is Cc1cc(C(=O)C(C)(C)C2CCCNC2)cs1. The van der Waals surface area contributed by atoms with Crippen molar-refractivity contribution in [2.45, 2.75) is 33.6 Å². The Kier molecular flexibility index (Phi) is 3.69. The average Bonchev–Trinajstić information content (AvgIpc) is 2.76. The Hall–Kier alpha value is -0.670. The zero-order chi connectivity index (χ0) is 12.5. The predicted molar refractivity (Wildman–Crippen MR) is 72.8 cm³/mol. The van der Waals surface area contributed by atoms with E-state index in [1.165, 1.54) is 11.3 Å². The van der Waals surface area contributed by atoms with Crippen LogP contribution >= 0.6 is 11.3 Å². The molecule has 2 heterocycles. The van der Waals surface area contributed by atoms with Crippen molar-refractivity contribution in [2.75, 3.05) is 13.1 Å². The molecule has 0 spiro atoms. The molecule has 94 valence electrons. The highest BCUT2D eigenvalue weighted by atomic mass is 32.1. The summed E-state index contributed by atoms with van der Waals surface area (Å²) < 4.78 is 0. The highest BCUT2D eigenvalue weighted by Crippen LogP contribution is 2.35. The van der Waals surface area contributed by atoms with Gasteiger partial charge in [-0.1, -0.05) is 13.8 Å². The molecular weight excluding hydrogens is 230 g/mol. The molecule has 0 bridgehead atoms. The Labute approximate surface area is 107 Å². The van der Waals surface area contributed by atoms with Gasteiger partial charge in [0.2, 0.25) is 0 Å². The molecule has 1 saturated heterocycles. The summed E-state index contributed by atoms with van der Waals surface area (Å²) in [5.41, 5.74) is 0.643. The molecular formula is C14H21NOS. The van der Waals surface area contributed by atoms with Crippen molar-refractivity contribution in [3.8, 4) is 0 Å². The van der Waals surface area contributed by atoms with E-state index in [1.54, 1.807) is 11.3 Å². The maximum absolute atomic E-state index is 12.6. The molecule has 17 heavy (non-hydrogen) atoms. The number of ketones is 1. The van der Waals surface area contributed by atoms with Gasteiger partial charge in [-0.2, -0.15) is 0 Å². The maximum Gasteiger partial charge on any atom is 0.169 e. The number of aryl methyl sites for hydroxylation is 1. The number of nitrogens with one attached hydrogen (secondary N) is 1. The second-order valence-corrected chi connectivity index (χ2v) is 6.66. The molecule has 0 aromatic carbocycles. The Balaban J connectivity index is 2.16. The van der Waals surface area contributed by atoms with E-state index in [2.05, 4.69) is 26.1 Å². The van der Waals surface area contributed by atoms with E-state index >= 15 is 0 Å². The molecule has 2 rings (SSSR count). The van der Waals surface area contributed by atoms with Crippen LogP contribution in [0, 0.1) is 18.3 Å². The smallest absolute Gasteiger partial charge is 0.169 e. The number of thiophene rings is 1. The van der Waals surface area contributed by atoms with Crippen molar-refractivity contribution in [2.24, 2.45) is 11.3 Å². The standard InChI is InChI=1S/C14H21NOS/c1-10-7-11(9-17-10)13(16)14(2,3)12-5-4-6-15-8-12/h7,9,12,15H,4-6,8H2,1-3H3. The van der Waals surface area contributed by atoms with Crippen LogP contribution in [0.15, 0.2) is 11.4 Å². The third-order valence-electron chi connectivity index (χ3n) is 3.90. The highest BCUT2D eigenvalue weighted by Gasteiger charge is 2.37. The van der Waals surface area contributed by atoms with Crippen LogP contribution < -0.4 is 5.32 Å². The van der Waals surface area contributed by atoms with Crippen molar-refractivity contribution in [1.82, 2.24) is 5.32 Å². The number of carbonyl (C=O) groups is 1. The molecule has 1 aromatic rings. The Bertz CT molecular complexity index is 402. The molecule has 1 unspecified atom stereocenters. The Morgan fingerprint density at radius 3 is 2.82 bits per heavy atom. The molecule has 0 saturated carbocycles. The van der Waals surface area contributed by atoms with E-state index in [4.69, 9.17) is 0 Å². The normalized spacial score (nSPS) is 21.5. The topological polar surface area (TPSA) is 29.1 Å². The van der Waals surface area contributed by atoms with E-state index in [9.17, 15) is 4.79 Å². The summed E-state index contributed by atoms with van der Waals surface area (Å²) >= 11 is 1.66. The van der Waals surface area contributed by atoms with Crippen LogP contribution in [0.4, 0.5) is 0 Å². The lowest BCUT2D eigenvalue weighted by atomic mass is 9.71. The molecule has 1 aliphatic heterocycles. The Morgan fingerprint density at radius 1 is 1.53 bits per heavy atom. The molecule has 1 N–H and O–H groups in total. The first-order chi connectivity index (χ1) is 8.01. The van der Waals surface area contributed by atoms with Crippen LogP contribution in [0.25, 0.3) is 0 Å². The fourth-order valence-corrected chi connectivity index (χ4v) is 3.27. The maximum atomic E-state index is 12.6. The van der Waals surface area contributed by atoms with Gasteiger partial charge in [-0.3, -0.25) is 4.79 Å². The van der Waals surface area contributed by atoms with Crippen molar-refractivity contribution in [1.29, 1.82) is 0 Å². The van der Waals surface area contributed by atoms with E-state index in [1.807, 2.05) is 11.4 Å². The van der Waals surface area contributed by atoms with E-state index in [-0.39, 0.29) is 5.41 Å². The van der Waals surface area contributed by atoms with Crippen molar-refractivity contribution in [3.63, 3.8) is 0 Å². The van der Waals surface area contributed by atoms with Crippen LogP contribution in [0.3, 0.4) is 0 Å². The molecule has 1 aromatic heterocycles. The quantitative estimate of drug-likeness (QED) is 0.835. The molecule has 0 radical (unpaired) electrons. The fourth-order valence-electron chi connectivity index (χ4n) is 2.59. The number of hydrogen-bond acceptors (Lipinski definition) is 3. The predicted octanol–water partition coefficient (Wildman–Crippen LogP) is 3.27. The van der Waals surface area contributed by atoms with E-state index in [0.29, 0.717) is 11.7 Å². The van der Waals surface area contributed by atoms with Gasteiger partial charge in [0, 0.05) is 21.2 Å². The van der Waals surface area contributed by atoms with Crippen LogP contribution in [-0.4, -0.2) is 18.9 Å². The van der Waals surface area contributed by atoms with Gasteiger partial charge in [0.1, 0.15) is 0 Å². The van der Waals surface area contributed by atoms with Crippen LogP contribution in [-0.2, 0) is 0 Å². The third-order valence-corrected chi connectivity index (χ3v) is 4.76. The van der Waals surface area contributed by atoms with Gasteiger partial charge in [-0.05, 0) is 44.8 Å². The first-order valence-corrected chi connectivity index (χ1v) is 7.20. The fraction of sp³-hybridized carbons (Fsp3) is 0.643. The summed E-state index contributed by atoms with van der Waals surface area (Å²) in [5, 5.41) is 5.40. The summed E-state index contributed by atoms with van der Waals surface area (Å²) in [5.74, 6) is 0.763. The van der Waals surface area contributed by atoms with Crippen molar-refractivity contribution in [3.05, 3.63) is 21.9 Å². The van der Waals surface area contributed by atoms with Gasteiger partial charge in [0.05, 0.1) is 0 Å². The van der Waals surface area contributed by atoms with Gasteiger partial charge >= 0.3 is 0 Å². The van der Waals surface area contributed by atoms with Crippen molar-refractivity contribution >= 4 is 17.1 Å². The van der Waals surface area contributed by atoms with Crippen LogP contribution in [0.5, 0.6) is 0 Å². The zero-order valence-corrected chi connectivity index (χ0v) is 11.7. The summed E-state index contributed by atoms with van der Waals surface area (Å²) in [6, 6.07) is 2.02. The van der Waals surface area contributed by atoms with E-state index < -0.39 is 0 Å². The molecule has 3 heteroatoms. The molecule has 1 aliphatic rings. The number of hydrogen-bond donors (Lipinski definition) is 1. The monoisotopic (exact) mass is 251 g/mol. The lowest BCUT2D eigenvalue weighted by Crippen LogP contribution is -2.42. The summed E-state index contributed by atoms with van der Waals surface area (Å²) in [6.45, 7) is 8.32. The number of rotatable bonds is 3. The molecule has 2 nitrogen and oxygen atoms in total. The summed E-state index contributed by atoms with van der Waals surface area (Å²) in [4.78, 5) is 13.8. The van der Waals surface area contributed by atoms with Gasteiger partial charge in [-0.15, -0.1) is 11.3 Å². The minimum absolute atomic E-state index is 0.249. The lowest BCUT2D eigenvalue weighted by molar-refractivity contribution is 0.0709. The summed E-state index contributed by atoms with van der Waals surface area (Å²) in [7, 11) is 0. The second kappa shape index (κ2) is 4.91. The van der Waals surface area contributed by atoms with Crippen LogP contribution in [0.2, 0.25) is 0 Å². The summed E-state index contributed by atoms with van der Waals surface area (Å²) in [6.07, 6.45) is 2.35. The molecule has 0 amide bonds. The number of Topliss-reactive ketones (excluding diaryl/α,β-unsaturated/α-hetero) is 1. The number of carbonyl (C=O) groups excluding carboxylic acids is 1. The first kappa shape index (κ1) is 12.8. The second-order valence-electron chi connectivity index (χ2n) is 5.54. The minimum Gasteiger partial charge on any atom is -0.316 e. The van der Waals surface area contributed by atoms with Gasteiger partial charge < -0.3 is 5.32 Å². The third kappa shape index (κ3) is 2.61.